The van der Waals surface area contributed by atoms with Crippen LogP contribution >= 0.6 is 0 Å². The number of rotatable bonds is 4. The number of ketones is 1. The van der Waals surface area contributed by atoms with E-state index < -0.39 is 5.97 Å². The maximum Gasteiger partial charge on any atom is 0.336 e. The van der Waals surface area contributed by atoms with Crippen LogP contribution in [0.4, 0.5) is 0 Å². The smallest absolute Gasteiger partial charge is 0.336 e. The minimum atomic E-state index is -0.450. The molecule has 106 valence electrons. The van der Waals surface area contributed by atoms with E-state index in [0.717, 1.165) is 11.1 Å². The number of Topliss-reactive ketones (excluding diaryl/α,β-unsaturated/α-hetero) is 1. The number of hydrogen-bond donors (Lipinski definition) is 0. The SMILES string of the molecule is CC(=O)c1ccc(OC(=O)/C=C/c2ccccc2C)cc1. The molecule has 0 fully saturated rings. The van der Waals surface area contributed by atoms with Crippen molar-refractivity contribution in [3.8, 4) is 5.75 Å². The first-order valence-electron chi connectivity index (χ1n) is 6.63. The van der Waals surface area contributed by atoms with Crippen molar-refractivity contribution in [1.29, 1.82) is 0 Å². The van der Waals surface area contributed by atoms with Gasteiger partial charge in [-0.3, -0.25) is 4.79 Å². The molecule has 3 nitrogen and oxygen atoms in total. The Balaban J connectivity index is 2.02. The van der Waals surface area contributed by atoms with Crippen LogP contribution in [-0.2, 0) is 4.79 Å². The van der Waals surface area contributed by atoms with Crippen LogP contribution in [-0.4, -0.2) is 11.8 Å². The zero-order valence-corrected chi connectivity index (χ0v) is 12.0. The van der Waals surface area contributed by atoms with Crippen LogP contribution in [0.25, 0.3) is 6.08 Å². The van der Waals surface area contributed by atoms with E-state index in [2.05, 4.69) is 0 Å². The van der Waals surface area contributed by atoms with Gasteiger partial charge in [-0.25, -0.2) is 4.79 Å². The highest BCUT2D eigenvalue weighted by Gasteiger charge is 2.03. The normalized spacial score (nSPS) is 10.6. The Labute approximate surface area is 123 Å². The summed E-state index contributed by atoms with van der Waals surface area (Å²) in [7, 11) is 0. The van der Waals surface area contributed by atoms with Crippen LogP contribution in [0.1, 0.15) is 28.4 Å². The molecule has 0 radical (unpaired) electrons. The van der Waals surface area contributed by atoms with Gasteiger partial charge in [0.1, 0.15) is 5.75 Å². The lowest BCUT2D eigenvalue weighted by atomic mass is 10.1. The number of hydrogen-bond acceptors (Lipinski definition) is 3. The van der Waals surface area contributed by atoms with Gasteiger partial charge in [0.25, 0.3) is 0 Å². The Morgan fingerprint density at radius 3 is 2.29 bits per heavy atom. The zero-order valence-electron chi connectivity index (χ0n) is 12.0. The van der Waals surface area contributed by atoms with Crippen LogP contribution in [0.5, 0.6) is 5.75 Å². The van der Waals surface area contributed by atoms with Gasteiger partial charge in [0.15, 0.2) is 5.78 Å². The molecule has 0 aliphatic rings. The van der Waals surface area contributed by atoms with Crippen molar-refractivity contribution in [3.63, 3.8) is 0 Å². The second-order valence-electron chi connectivity index (χ2n) is 4.69. The summed E-state index contributed by atoms with van der Waals surface area (Å²) >= 11 is 0. The molecular formula is C18H16O3. The standard InChI is InChI=1S/C18H16O3/c1-13-5-3-4-6-15(13)9-12-18(20)21-17-10-7-16(8-11-17)14(2)19/h3-12H,1-2H3/b12-9+. The molecule has 3 heteroatoms. The highest BCUT2D eigenvalue weighted by molar-refractivity contribution is 5.94. The molecule has 21 heavy (non-hydrogen) atoms. The van der Waals surface area contributed by atoms with Crippen molar-refractivity contribution < 1.29 is 14.3 Å². The summed E-state index contributed by atoms with van der Waals surface area (Å²) in [6.07, 6.45) is 3.11. The van der Waals surface area contributed by atoms with Gasteiger partial charge in [-0.2, -0.15) is 0 Å². The number of aryl methyl sites for hydroxylation is 1. The van der Waals surface area contributed by atoms with Gasteiger partial charge in [-0.05, 0) is 55.3 Å². The molecule has 2 aromatic rings. The van der Waals surface area contributed by atoms with E-state index in [1.165, 1.54) is 13.0 Å². The predicted molar refractivity (Wildman–Crippen MR) is 82.3 cm³/mol. The van der Waals surface area contributed by atoms with E-state index in [1.807, 2.05) is 31.2 Å². The maximum absolute atomic E-state index is 11.7. The Bertz CT molecular complexity index is 682. The molecule has 0 bridgehead atoms. The molecule has 0 saturated heterocycles. The van der Waals surface area contributed by atoms with Gasteiger partial charge in [-0.15, -0.1) is 0 Å². The van der Waals surface area contributed by atoms with Gasteiger partial charge in [0.2, 0.25) is 0 Å². The minimum absolute atomic E-state index is 0.0210. The second-order valence-corrected chi connectivity index (χ2v) is 4.69. The highest BCUT2D eigenvalue weighted by atomic mass is 16.5. The van der Waals surface area contributed by atoms with Crippen LogP contribution in [0, 0.1) is 6.92 Å². The molecule has 2 aromatic carbocycles. The predicted octanol–water partition coefficient (Wildman–Crippen LogP) is 3.82. The molecule has 0 aliphatic carbocycles. The average molecular weight is 280 g/mol. The average Bonchev–Trinajstić information content (AvgIpc) is 2.47. The molecule has 0 spiro atoms. The molecule has 0 aliphatic heterocycles. The molecule has 0 saturated carbocycles. The van der Waals surface area contributed by atoms with E-state index in [9.17, 15) is 9.59 Å². The van der Waals surface area contributed by atoms with Gasteiger partial charge >= 0.3 is 5.97 Å². The number of carbonyl (C=O) groups is 2. The number of ether oxygens (including phenoxy) is 1. The van der Waals surface area contributed by atoms with E-state index in [0.29, 0.717) is 11.3 Å². The lowest BCUT2D eigenvalue weighted by Crippen LogP contribution is -2.04. The van der Waals surface area contributed by atoms with Crippen molar-refractivity contribution in [2.45, 2.75) is 13.8 Å². The lowest BCUT2D eigenvalue weighted by molar-refractivity contribution is -0.128. The van der Waals surface area contributed by atoms with Crippen LogP contribution in [0.2, 0.25) is 0 Å². The van der Waals surface area contributed by atoms with Gasteiger partial charge in [-0.1, -0.05) is 24.3 Å². The van der Waals surface area contributed by atoms with E-state index in [-0.39, 0.29) is 5.78 Å². The van der Waals surface area contributed by atoms with Gasteiger partial charge < -0.3 is 4.74 Å². The van der Waals surface area contributed by atoms with Gasteiger partial charge in [0.05, 0.1) is 0 Å². The summed E-state index contributed by atoms with van der Waals surface area (Å²) in [5.74, 6) is -0.0550. The summed E-state index contributed by atoms with van der Waals surface area (Å²) < 4.78 is 5.17. The lowest BCUT2D eigenvalue weighted by Gasteiger charge is -2.02. The molecule has 0 aromatic heterocycles. The number of carbonyl (C=O) groups excluding carboxylic acids is 2. The van der Waals surface area contributed by atoms with Crippen LogP contribution in [0.3, 0.4) is 0 Å². The fourth-order valence-corrected chi connectivity index (χ4v) is 1.84. The van der Waals surface area contributed by atoms with Crippen molar-refractivity contribution in [2.75, 3.05) is 0 Å². The van der Waals surface area contributed by atoms with Crippen LogP contribution < -0.4 is 4.74 Å². The van der Waals surface area contributed by atoms with Crippen molar-refractivity contribution in [2.24, 2.45) is 0 Å². The Hall–Kier alpha value is -2.68. The quantitative estimate of drug-likeness (QED) is 0.370. The first kappa shape index (κ1) is 14.7. The fourth-order valence-electron chi connectivity index (χ4n) is 1.84. The molecule has 0 heterocycles. The Morgan fingerprint density at radius 2 is 1.67 bits per heavy atom. The minimum Gasteiger partial charge on any atom is -0.423 e. The fraction of sp³-hybridized carbons (Fsp3) is 0.111. The third kappa shape index (κ3) is 4.14. The summed E-state index contributed by atoms with van der Waals surface area (Å²) in [5.41, 5.74) is 2.65. The number of esters is 1. The zero-order chi connectivity index (χ0) is 15.2. The molecule has 0 unspecified atom stereocenters. The molecular weight excluding hydrogens is 264 g/mol. The largest absolute Gasteiger partial charge is 0.423 e. The van der Waals surface area contributed by atoms with Crippen molar-refractivity contribution in [1.82, 2.24) is 0 Å². The van der Waals surface area contributed by atoms with Gasteiger partial charge in [0, 0.05) is 11.6 Å². The van der Waals surface area contributed by atoms with Crippen molar-refractivity contribution in [3.05, 3.63) is 71.3 Å². The maximum atomic E-state index is 11.7. The third-order valence-corrected chi connectivity index (χ3v) is 3.07. The topological polar surface area (TPSA) is 43.4 Å². The number of benzene rings is 2. The Morgan fingerprint density at radius 1 is 1.00 bits per heavy atom. The molecule has 2 rings (SSSR count). The van der Waals surface area contributed by atoms with E-state index in [1.54, 1.807) is 30.3 Å². The Kier molecular flexibility index (Phi) is 4.67. The van der Waals surface area contributed by atoms with Crippen molar-refractivity contribution >= 4 is 17.8 Å². The van der Waals surface area contributed by atoms with E-state index >= 15 is 0 Å². The van der Waals surface area contributed by atoms with Crippen LogP contribution in [0.15, 0.2) is 54.6 Å². The molecule has 0 N–H and O–H groups in total. The summed E-state index contributed by atoms with van der Waals surface area (Å²) in [5, 5.41) is 0. The summed E-state index contributed by atoms with van der Waals surface area (Å²) in [6, 6.07) is 14.3. The first-order valence-corrected chi connectivity index (χ1v) is 6.63. The first-order chi connectivity index (χ1) is 10.1. The molecule has 0 atom stereocenters. The van der Waals surface area contributed by atoms with E-state index in [4.69, 9.17) is 4.74 Å². The summed E-state index contributed by atoms with van der Waals surface area (Å²) in [4.78, 5) is 22.9. The second kappa shape index (κ2) is 6.66. The third-order valence-electron chi connectivity index (χ3n) is 3.07. The highest BCUT2D eigenvalue weighted by Crippen LogP contribution is 2.14. The summed E-state index contributed by atoms with van der Waals surface area (Å²) in [6.45, 7) is 3.47. The monoisotopic (exact) mass is 280 g/mol. The molecule has 0 amide bonds.